The lowest BCUT2D eigenvalue weighted by molar-refractivity contribution is -0.0399. The third-order valence-corrected chi connectivity index (χ3v) is 16.3. The first kappa shape index (κ1) is 35.5. The molecule has 0 aromatic heterocycles. The van der Waals surface area contributed by atoms with Crippen LogP contribution in [0.5, 0.6) is 0 Å². The summed E-state index contributed by atoms with van der Waals surface area (Å²) < 4.78 is 0. The molecule has 0 unspecified atom stereocenters. The standard InChI is InChI=1S/C58H55N/c1-56(2)30-31-57(3,4)55-48(17-10-20-52(55)56)41-24-28-45(29-25-41)59(44-26-22-40(23-27-44)47-16-9-13-39-12-5-6-14-46(39)47)53-21-11-19-51-54(53)49-15-7-8-18-50(49)58(51)42-33-37-32-38(35-42)36-43(58)34-37/h5-29,37-38,42-43H,30-36H2,1-4H3. The van der Waals surface area contributed by atoms with E-state index in [-0.39, 0.29) is 16.2 Å². The number of rotatable bonds is 5. The fourth-order valence-electron chi connectivity index (χ4n) is 13.8. The summed E-state index contributed by atoms with van der Waals surface area (Å²) in [6.45, 7) is 9.77. The summed E-state index contributed by atoms with van der Waals surface area (Å²) >= 11 is 0. The van der Waals surface area contributed by atoms with Crippen molar-refractivity contribution in [2.75, 3.05) is 4.90 Å². The molecular weight excluding hydrogens is 711 g/mol. The van der Waals surface area contributed by atoms with Crippen LogP contribution in [0.2, 0.25) is 0 Å². The van der Waals surface area contributed by atoms with E-state index in [1.165, 1.54) is 117 Å². The second-order valence-electron chi connectivity index (χ2n) is 20.4. The number of hydrogen-bond donors (Lipinski definition) is 0. The van der Waals surface area contributed by atoms with Gasteiger partial charge in [-0.25, -0.2) is 0 Å². The lowest BCUT2D eigenvalue weighted by atomic mass is 9.43. The van der Waals surface area contributed by atoms with E-state index in [1.54, 1.807) is 11.1 Å². The maximum absolute atomic E-state index is 2.58. The normalized spacial score (nSPS) is 25.2. The number of nitrogens with zero attached hydrogens (tertiary/aromatic N) is 1. The van der Waals surface area contributed by atoms with Gasteiger partial charge in [0.05, 0.1) is 5.69 Å². The number of fused-ring (bicyclic) bond motifs is 5. The van der Waals surface area contributed by atoms with E-state index in [1.807, 2.05) is 0 Å². The minimum Gasteiger partial charge on any atom is -0.310 e. The molecule has 0 aliphatic heterocycles. The zero-order chi connectivity index (χ0) is 39.7. The van der Waals surface area contributed by atoms with E-state index in [4.69, 9.17) is 0 Å². The molecule has 6 aliphatic carbocycles. The van der Waals surface area contributed by atoms with Crippen molar-refractivity contribution in [1.29, 1.82) is 0 Å². The van der Waals surface area contributed by atoms with Gasteiger partial charge in [0, 0.05) is 22.4 Å². The van der Waals surface area contributed by atoms with E-state index < -0.39 is 0 Å². The molecule has 4 fully saturated rings. The molecule has 0 amide bonds. The van der Waals surface area contributed by atoms with Gasteiger partial charge in [0.1, 0.15) is 0 Å². The Labute approximate surface area is 351 Å². The predicted octanol–water partition coefficient (Wildman–Crippen LogP) is 15.7. The largest absolute Gasteiger partial charge is 0.310 e. The number of hydrogen-bond acceptors (Lipinski definition) is 1. The Morgan fingerprint density at radius 2 is 0.966 bits per heavy atom. The highest BCUT2D eigenvalue weighted by Crippen LogP contribution is 2.70. The van der Waals surface area contributed by atoms with Crippen molar-refractivity contribution in [1.82, 2.24) is 0 Å². The summed E-state index contributed by atoms with van der Waals surface area (Å²) in [4.78, 5) is 2.58. The van der Waals surface area contributed by atoms with Gasteiger partial charge in [-0.05, 0) is 171 Å². The van der Waals surface area contributed by atoms with Crippen LogP contribution in [-0.4, -0.2) is 0 Å². The predicted molar refractivity (Wildman–Crippen MR) is 248 cm³/mol. The van der Waals surface area contributed by atoms with Crippen molar-refractivity contribution in [2.24, 2.45) is 23.7 Å². The quantitative estimate of drug-likeness (QED) is 0.169. The molecule has 1 heteroatoms. The highest BCUT2D eigenvalue weighted by molar-refractivity contribution is 5.98. The Kier molecular flexibility index (Phi) is 7.71. The molecule has 4 bridgehead atoms. The SMILES string of the molecule is CC1(C)CCC(C)(C)c2c(-c3ccc(N(c4ccc(-c5cccc6ccccc56)cc4)c4cccc5c4-c4ccccc4C54C5CC6CC(C5)CC4C6)cc3)cccc21. The molecule has 59 heavy (non-hydrogen) atoms. The first-order valence-electron chi connectivity index (χ1n) is 22.6. The van der Waals surface area contributed by atoms with Gasteiger partial charge in [-0.2, -0.15) is 0 Å². The monoisotopic (exact) mass is 765 g/mol. The highest BCUT2D eigenvalue weighted by atomic mass is 15.1. The van der Waals surface area contributed by atoms with Crippen molar-refractivity contribution < 1.29 is 0 Å². The van der Waals surface area contributed by atoms with Crippen LogP contribution in [0.4, 0.5) is 17.1 Å². The first-order valence-corrected chi connectivity index (χ1v) is 22.6. The van der Waals surface area contributed by atoms with Crippen LogP contribution in [0.3, 0.4) is 0 Å². The first-order chi connectivity index (χ1) is 28.7. The summed E-state index contributed by atoms with van der Waals surface area (Å²) in [5.41, 5.74) is 18.5. The minimum absolute atomic E-state index is 0.121. The topological polar surface area (TPSA) is 3.24 Å². The molecule has 0 radical (unpaired) electrons. The van der Waals surface area contributed by atoms with Crippen LogP contribution in [0.25, 0.3) is 44.2 Å². The van der Waals surface area contributed by atoms with Gasteiger partial charge < -0.3 is 4.90 Å². The zero-order valence-electron chi connectivity index (χ0n) is 35.1. The van der Waals surface area contributed by atoms with Gasteiger partial charge in [0.2, 0.25) is 0 Å². The van der Waals surface area contributed by atoms with Gasteiger partial charge in [-0.15, -0.1) is 0 Å². The van der Waals surface area contributed by atoms with Crippen LogP contribution >= 0.6 is 0 Å². The Hall–Kier alpha value is -5.40. The Morgan fingerprint density at radius 1 is 0.441 bits per heavy atom. The third-order valence-electron chi connectivity index (χ3n) is 16.3. The van der Waals surface area contributed by atoms with E-state index >= 15 is 0 Å². The fraction of sp³-hybridized carbons (Fsp3) is 0.310. The van der Waals surface area contributed by atoms with Crippen molar-refractivity contribution in [3.8, 4) is 33.4 Å². The minimum atomic E-state index is 0.121. The van der Waals surface area contributed by atoms with Crippen LogP contribution in [-0.2, 0) is 16.2 Å². The van der Waals surface area contributed by atoms with Gasteiger partial charge in [0.25, 0.3) is 0 Å². The maximum Gasteiger partial charge on any atom is 0.0543 e. The highest BCUT2D eigenvalue weighted by Gasteiger charge is 2.62. The van der Waals surface area contributed by atoms with Crippen LogP contribution in [0, 0.1) is 23.7 Å². The maximum atomic E-state index is 2.58. The molecule has 1 nitrogen and oxygen atoms in total. The molecule has 0 atom stereocenters. The third kappa shape index (κ3) is 5.16. The molecule has 0 saturated heterocycles. The second kappa shape index (κ2) is 12.8. The van der Waals surface area contributed by atoms with Crippen molar-refractivity contribution in [3.05, 3.63) is 174 Å². The van der Waals surface area contributed by atoms with Gasteiger partial charge in [-0.3, -0.25) is 0 Å². The van der Waals surface area contributed by atoms with E-state index in [2.05, 4.69) is 184 Å². The summed E-state index contributed by atoms with van der Waals surface area (Å²) in [5, 5.41) is 2.57. The van der Waals surface area contributed by atoms with Crippen molar-refractivity contribution in [3.63, 3.8) is 0 Å². The lowest BCUT2D eigenvalue weighted by Gasteiger charge is -2.61. The summed E-state index contributed by atoms with van der Waals surface area (Å²) in [5.74, 6) is 3.31. The lowest BCUT2D eigenvalue weighted by Crippen LogP contribution is -2.55. The van der Waals surface area contributed by atoms with Crippen LogP contribution < -0.4 is 4.90 Å². The fourth-order valence-corrected chi connectivity index (χ4v) is 13.8. The zero-order valence-corrected chi connectivity index (χ0v) is 35.1. The molecule has 4 saturated carbocycles. The molecule has 7 aromatic rings. The van der Waals surface area contributed by atoms with Crippen LogP contribution in [0.1, 0.15) is 94.9 Å². The molecule has 7 aromatic carbocycles. The molecule has 0 N–H and O–H groups in total. The number of anilines is 3. The average Bonchev–Trinajstić information content (AvgIpc) is 3.56. The molecule has 13 rings (SSSR count). The van der Waals surface area contributed by atoms with Crippen LogP contribution in [0.15, 0.2) is 152 Å². The molecule has 292 valence electrons. The van der Waals surface area contributed by atoms with E-state index in [0.29, 0.717) is 0 Å². The Morgan fingerprint density at radius 3 is 1.69 bits per heavy atom. The summed E-state index contributed by atoms with van der Waals surface area (Å²) in [6.07, 6.45) is 9.46. The molecular formula is C58H55N. The average molecular weight is 766 g/mol. The summed E-state index contributed by atoms with van der Waals surface area (Å²) in [6, 6.07) is 58.4. The van der Waals surface area contributed by atoms with Crippen molar-refractivity contribution in [2.45, 2.75) is 88.9 Å². The molecule has 6 aliphatic rings. The van der Waals surface area contributed by atoms with Gasteiger partial charge >= 0.3 is 0 Å². The smallest absolute Gasteiger partial charge is 0.0543 e. The second-order valence-corrected chi connectivity index (χ2v) is 20.4. The number of benzene rings is 7. The van der Waals surface area contributed by atoms with Gasteiger partial charge in [-0.1, -0.05) is 149 Å². The van der Waals surface area contributed by atoms with E-state index in [9.17, 15) is 0 Å². The van der Waals surface area contributed by atoms with Crippen molar-refractivity contribution >= 4 is 27.8 Å². The molecule has 0 heterocycles. The summed E-state index contributed by atoms with van der Waals surface area (Å²) in [7, 11) is 0. The Balaban J connectivity index is 1.03. The Bertz CT molecular complexity index is 2750. The van der Waals surface area contributed by atoms with E-state index in [0.717, 1.165) is 23.7 Å². The van der Waals surface area contributed by atoms with Gasteiger partial charge in [0.15, 0.2) is 0 Å². The molecule has 1 spiro atoms.